The molecule has 1 aromatic carbocycles. The zero-order chi connectivity index (χ0) is 15.8. The molecule has 0 aliphatic heterocycles. The van der Waals surface area contributed by atoms with E-state index in [9.17, 15) is 4.79 Å². The highest BCUT2D eigenvalue weighted by molar-refractivity contribution is 7.99. The van der Waals surface area contributed by atoms with E-state index in [0.29, 0.717) is 18.2 Å². The number of carbonyl (C=O) groups excluding carboxylic acids is 1. The van der Waals surface area contributed by atoms with Gasteiger partial charge in [-0.15, -0.1) is 11.8 Å². The lowest BCUT2D eigenvalue weighted by molar-refractivity contribution is -0.113. The summed E-state index contributed by atoms with van der Waals surface area (Å²) in [6.07, 6.45) is 0. The average Bonchev–Trinajstić information content (AvgIpc) is 2.92. The monoisotopic (exact) mass is 322 g/mol. The number of benzene rings is 1. The molecule has 1 heterocycles. The smallest absolute Gasteiger partial charge is 0.236 e. The fraction of sp³-hybridized carbons (Fsp3) is 0.333. The topological polar surface area (TPSA) is 73.6 Å². The van der Waals surface area contributed by atoms with Gasteiger partial charge in [0.05, 0.1) is 25.2 Å². The summed E-state index contributed by atoms with van der Waals surface area (Å²) < 4.78 is 15.6. The molecule has 0 saturated carbocycles. The fourth-order valence-corrected chi connectivity index (χ4v) is 2.25. The van der Waals surface area contributed by atoms with Crippen molar-refractivity contribution < 1.29 is 18.8 Å². The van der Waals surface area contributed by atoms with Crippen LogP contribution in [0.15, 0.2) is 34.9 Å². The molecular weight excluding hydrogens is 304 g/mol. The first kappa shape index (κ1) is 16.2. The normalized spacial score (nSPS) is 10.3. The van der Waals surface area contributed by atoms with Crippen LogP contribution in [0.2, 0.25) is 0 Å². The highest BCUT2D eigenvalue weighted by Gasteiger charge is 2.06. The minimum atomic E-state index is -0.120. The van der Waals surface area contributed by atoms with Gasteiger partial charge in [0.25, 0.3) is 0 Å². The molecule has 0 bridgehead atoms. The summed E-state index contributed by atoms with van der Waals surface area (Å²) >= 11 is 1.49. The quantitative estimate of drug-likeness (QED) is 0.753. The number of ether oxygens (including phenoxy) is 2. The predicted molar refractivity (Wildman–Crippen MR) is 85.7 cm³/mol. The Labute approximate surface area is 133 Å². The fourth-order valence-electron chi connectivity index (χ4n) is 1.65. The van der Waals surface area contributed by atoms with Crippen molar-refractivity contribution in [2.75, 3.05) is 30.5 Å². The van der Waals surface area contributed by atoms with Crippen molar-refractivity contribution >= 4 is 23.6 Å². The number of anilines is 1. The van der Waals surface area contributed by atoms with Gasteiger partial charge in [0.1, 0.15) is 11.5 Å². The van der Waals surface area contributed by atoms with Crippen LogP contribution in [0.25, 0.3) is 0 Å². The van der Waals surface area contributed by atoms with E-state index >= 15 is 0 Å². The standard InChI is InChI=1S/C15H18N2O4S/c1-11-9-15(21-17-11)16-14(18)10-22-8-7-20-13-5-3-12(19-2)4-6-13/h3-6,9H,7-8,10H2,1-2H3,(H,16,18). The van der Waals surface area contributed by atoms with E-state index in [1.807, 2.05) is 24.3 Å². The number of rotatable bonds is 8. The molecule has 1 amide bonds. The zero-order valence-electron chi connectivity index (χ0n) is 12.5. The van der Waals surface area contributed by atoms with Crippen molar-refractivity contribution in [3.8, 4) is 11.5 Å². The second-order valence-corrected chi connectivity index (χ2v) is 5.56. The SMILES string of the molecule is COc1ccc(OCCSCC(=O)Nc2cc(C)no2)cc1. The van der Waals surface area contributed by atoms with E-state index in [1.165, 1.54) is 11.8 Å². The Morgan fingerprint density at radius 3 is 2.68 bits per heavy atom. The Hall–Kier alpha value is -2.15. The average molecular weight is 322 g/mol. The van der Waals surface area contributed by atoms with Gasteiger partial charge in [-0.25, -0.2) is 0 Å². The Morgan fingerprint density at radius 2 is 2.05 bits per heavy atom. The molecule has 6 nitrogen and oxygen atoms in total. The van der Waals surface area contributed by atoms with Gasteiger partial charge in [0.15, 0.2) is 0 Å². The molecule has 0 atom stereocenters. The predicted octanol–water partition coefficient (Wildman–Crippen LogP) is 2.74. The van der Waals surface area contributed by atoms with Gasteiger partial charge in [-0.2, -0.15) is 0 Å². The van der Waals surface area contributed by atoms with E-state index in [-0.39, 0.29) is 5.91 Å². The van der Waals surface area contributed by atoms with Crippen LogP contribution < -0.4 is 14.8 Å². The van der Waals surface area contributed by atoms with Crippen molar-refractivity contribution in [3.05, 3.63) is 36.0 Å². The maximum atomic E-state index is 11.7. The summed E-state index contributed by atoms with van der Waals surface area (Å²) in [4.78, 5) is 11.7. The van der Waals surface area contributed by atoms with E-state index in [2.05, 4.69) is 10.5 Å². The maximum absolute atomic E-state index is 11.7. The first-order valence-corrected chi connectivity index (χ1v) is 7.90. The molecule has 2 aromatic rings. The molecule has 0 aliphatic rings. The third kappa shape index (κ3) is 5.33. The van der Waals surface area contributed by atoms with Crippen LogP contribution in [0.3, 0.4) is 0 Å². The molecule has 0 fully saturated rings. The Kier molecular flexibility index (Phi) is 6.14. The second-order valence-electron chi connectivity index (χ2n) is 4.46. The van der Waals surface area contributed by atoms with Crippen LogP contribution in [0.4, 0.5) is 5.88 Å². The number of hydrogen-bond acceptors (Lipinski definition) is 6. The number of carbonyl (C=O) groups is 1. The largest absolute Gasteiger partial charge is 0.497 e. The number of hydrogen-bond donors (Lipinski definition) is 1. The molecule has 0 saturated heterocycles. The van der Waals surface area contributed by atoms with E-state index in [4.69, 9.17) is 14.0 Å². The molecule has 0 spiro atoms. The van der Waals surface area contributed by atoms with Gasteiger partial charge in [-0.05, 0) is 31.2 Å². The summed E-state index contributed by atoms with van der Waals surface area (Å²) in [6.45, 7) is 2.33. The molecule has 7 heteroatoms. The van der Waals surface area contributed by atoms with Gasteiger partial charge in [0, 0.05) is 11.8 Å². The third-order valence-electron chi connectivity index (χ3n) is 2.68. The Morgan fingerprint density at radius 1 is 1.32 bits per heavy atom. The highest BCUT2D eigenvalue weighted by atomic mass is 32.2. The van der Waals surface area contributed by atoms with Crippen molar-refractivity contribution in [1.29, 1.82) is 0 Å². The highest BCUT2D eigenvalue weighted by Crippen LogP contribution is 2.17. The first-order valence-electron chi connectivity index (χ1n) is 6.75. The zero-order valence-corrected chi connectivity index (χ0v) is 13.3. The maximum Gasteiger partial charge on any atom is 0.236 e. The summed E-state index contributed by atoms with van der Waals surface area (Å²) in [5.41, 5.74) is 0.732. The number of nitrogens with zero attached hydrogens (tertiary/aromatic N) is 1. The lowest BCUT2D eigenvalue weighted by Gasteiger charge is -2.06. The van der Waals surface area contributed by atoms with Crippen LogP contribution >= 0.6 is 11.8 Å². The summed E-state index contributed by atoms with van der Waals surface area (Å²) in [6, 6.07) is 9.06. The number of aromatic nitrogens is 1. The lowest BCUT2D eigenvalue weighted by atomic mass is 10.3. The van der Waals surface area contributed by atoms with Crippen LogP contribution in [0, 0.1) is 6.92 Å². The minimum absolute atomic E-state index is 0.120. The van der Waals surface area contributed by atoms with Crippen LogP contribution in [-0.4, -0.2) is 36.3 Å². The summed E-state index contributed by atoms with van der Waals surface area (Å²) in [5.74, 6) is 2.88. The number of thioether (sulfide) groups is 1. The van der Waals surface area contributed by atoms with Crippen molar-refractivity contribution in [2.45, 2.75) is 6.92 Å². The molecule has 1 aromatic heterocycles. The molecule has 0 radical (unpaired) electrons. The number of nitrogens with one attached hydrogen (secondary N) is 1. The molecule has 1 N–H and O–H groups in total. The van der Waals surface area contributed by atoms with Gasteiger partial charge < -0.3 is 14.0 Å². The summed E-state index contributed by atoms with van der Waals surface area (Å²) in [5, 5.41) is 6.34. The van der Waals surface area contributed by atoms with Crippen molar-refractivity contribution in [3.63, 3.8) is 0 Å². The Balaban J connectivity index is 1.59. The van der Waals surface area contributed by atoms with E-state index in [0.717, 1.165) is 22.9 Å². The molecule has 22 heavy (non-hydrogen) atoms. The van der Waals surface area contributed by atoms with Gasteiger partial charge in [-0.1, -0.05) is 5.16 Å². The number of aryl methyl sites for hydroxylation is 1. The minimum Gasteiger partial charge on any atom is -0.497 e. The van der Waals surface area contributed by atoms with Crippen molar-refractivity contribution in [2.24, 2.45) is 0 Å². The van der Waals surface area contributed by atoms with E-state index < -0.39 is 0 Å². The molecular formula is C15H18N2O4S. The van der Waals surface area contributed by atoms with E-state index in [1.54, 1.807) is 20.1 Å². The molecule has 2 rings (SSSR count). The van der Waals surface area contributed by atoms with Crippen LogP contribution in [0.1, 0.15) is 5.69 Å². The third-order valence-corrected chi connectivity index (χ3v) is 3.60. The second kappa shape index (κ2) is 8.33. The first-order chi connectivity index (χ1) is 10.7. The van der Waals surface area contributed by atoms with Crippen LogP contribution in [0.5, 0.6) is 11.5 Å². The van der Waals surface area contributed by atoms with Gasteiger partial charge in [0.2, 0.25) is 11.8 Å². The molecule has 0 aliphatic carbocycles. The van der Waals surface area contributed by atoms with Crippen LogP contribution in [-0.2, 0) is 4.79 Å². The van der Waals surface area contributed by atoms with Gasteiger partial charge >= 0.3 is 0 Å². The van der Waals surface area contributed by atoms with Crippen molar-refractivity contribution in [1.82, 2.24) is 5.16 Å². The number of methoxy groups -OCH3 is 1. The Bertz CT molecular complexity index is 598. The summed E-state index contributed by atoms with van der Waals surface area (Å²) in [7, 11) is 1.62. The molecule has 118 valence electrons. The number of amides is 1. The molecule has 0 unspecified atom stereocenters. The van der Waals surface area contributed by atoms with Gasteiger partial charge in [-0.3, -0.25) is 10.1 Å². The lowest BCUT2D eigenvalue weighted by Crippen LogP contribution is -2.14.